The van der Waals surface area contributed by atoms with Gasteiger partial charge in [-0.25, -0.2) is 0 Å². The van der Waals surface area contributed by atoms with Gasteiger partial charge in [0.05, 0.1) is 16.8 Å². The normalized spacial score (nSPS) is 12.1. The average molecular weight is 441 g/mol. The van der Waals surface area contributed by atoms with Gasteiger partial charge in [-0.15, -0.1) is 0 Å². The van der Waals surface area contributed by atoms with Crippen molar-refractivity contribution in [2.24, 2.45) is 0 Å². The number of hydrogen-bond acceptors (Lipinski definition) is 2. The number of nitrogens with zero attached hydrogens (tertiary/aromatic N) is 2. The van der Waals surface area contributed by atoms with Crippen LogP contribution in [0.2, 0.25) is 0 Å². The second kappa shape index (κ2) is 8.44. The molecule has 164 valence electrons. The molecular formula is C21H17F6N3O. The summed E-state index contributed by atoms with van der Waals surface area (Å²) in [5.41, 5.74) is -0.915. The molecule has 3 aromatic rings. The van der Waals surface area contributed by atoms with E-state index >= 15 is 0 Å². The molecule has 4 nitrogen and oxygen atoms in total. The first-order chi connectivity index (χ1) is 14.5. The smallest absolute Gasteiger partial charge is 0.347 e. The molecule has 0 radical (unpaired) electrons. The van der Waals surface area contributed by atoms with Crippen molar-refractivity contribution < 1.29 is 31.1 Å². The molecule has 31 heavy (non-hydrogen) atoms. The first-order valence-electron chi connectivity index (χ1n) is 9.19. The zero-order valence-corrected chi connectivity index (χ0v) is 16.2. The minimum atomic E-state index is -4.52. The van der Waals surface area contributed by atoms with E-state index in [1.165, 1.54) is 35.0 Å². The van der Waals surface area contributed by atoms with Crippen LogP contribution in [-0.4, -0.2) is 15.7 Å². The second-order valence-electron chi connectivity index (χ2n) is 6.69. The highest BCUT2D eigenvalue weighted by Gasteiger charge is 2.31. The number of rotatable bonds is 5. The maximum Gasteiger partial charge on any atom is 0.416 e. The fourth-order valence-corrected chi connectivity index (χ4v) is 2.99. The van der Waals surface area contributed by atoms with Crippen molar-refractivity contribution >= 4 is 5.91 Å². The number of carbonyl (C=O) groups excluding carboxylic acids is 1. The number of benzene rings is 2. The summed E-state index contributed by atoms with van der Waals surface area (Å²) in [7, 11) is 0. The molecule has 0 bridgehead atoms. The van der Waals surface area contributed by atoms with Gasteiger partial charge in [-0.1, -0.05) is 24.3 Å². The molecule has 2 aromatic carbocycles. The minimum absolute atomic E-state index is 0.0544. The Morgan fingerprint density at radius 2 is 1.55 bits per heavy atom. The molecule has 1 aromatic heterocycles. The Morgan fingerprint density at radius 3 is 2.16 bits per heavy atom. The van der Waals surface area contributed by atoms with E-state index < -0.39 is 29.4 Å². The lowest BCUT2D eigenvalue weighted by molar-refractivity contribution is -0.138. The van der Waals surface area contributed by atoms with Crippen molar-refractivity contribution in [1.29, 1.82) is 0 Å². The Balaban J connectivity index is 1.80. The van der Waals surface area contributed by atoms with Gasteiger partial charge >= 0.3 is 12.4 Å². The number of aromatic nitrogens is 2. The van der Waals surface area contributed by atoms with Crippen LogP contribution in [0.15, 0.2) is 54.6 Å². The van der Waals surface area contributed by atoms with Crippen LogP contribution in [0.25, 0.3) is 11.3 Å². The molecular weight excluding hydrogens is 424 g/mol. The predicted octanol–water partition coefficient (Wildman–Crippen LogP) is 5.54. The van der Waals surface area contributed by atoms with Gasteiger partial charge in [0, 0.05) is 18.7 Å². The maximum atomic E-state index is 13.0. The summed E-state index contributed by atoms with van der Waals surface area (Å²) in [6.45, 7) is 1.85. The van der Waals surface area contributed by atoms with Crippen LogP contribution in [0.3, 0.4) is 0 Å². The monoisotopic (exact) mass is 441 g/mol. The van der Waals surface area contributed by atoms with E-state index in [0.29, 0.717) is 12.2 Å². The number of halogens is 6. The highest BCUT2D eigenvalue weighted by molar-refractivity contribution is 5.93. The van der Waals surface area contributed by atoms with Crippen LogP contribution in [0.4, 0.5) is 26.3 Å². The first-order valence-corrected chi connectivity index (χ1v) is 9.19. The topological polar surface area (TPSA) is 46.9 Å². The third-order valence-corrected chi connectivity index (χ3v) is 4.51. The summed E-state index contributed by atoms with van der Waals surface area (Å²) in [4.78, 5) is 12.4. The van der Waals surface area contributed by atoms with Crippen molar-refractivity contribution in [1.82, 2.24) is 15.1 Å². The molecule has 0 aliphatic heterocycles. The molecule has 0 aliphatic rings. The molecule has 0 fully saturated rings. The number of nitrogens with one attached hydrogen (secondary N) is 1. The van der Waals surface area contributed by atoms with Crippen molar-refractivity contribution in [2.45, 2.75) is 32.4 Å². The summed E-state index contributed by atoms with van der Waals surface area (Å²) in [6.07, 6.45) is -9.02. The van der Waals surface area contributed by atoms with Crippen molar-refractivity contribution in [2.75, 3.05) is 0 Å². The Kier molecular flexibility index (Phi) is 6.10. The lowest BCUT2D eigenvalue weighted by Crippen LogP contribution is -2.23. The van der Waals surface area contributed by atoms with Crippen LogP contribution in [0.1, 0.15) is 34.1 Å². The SMILES string of the molecule is CCn1nc(C(=O)NCc2cccc(C(F)(F)F)c2)cc1-c1cccc(C(F)(F)F)c1. The molecule has 0 atom stereocenters. The second-order valence-corrected chi connectivity index (χ2v) is 6.69. The number of amides is 1. The Morgan fingerprint density at radius 1 is 0.935 bits per heavy atom. The summed E-state index contributed by atoms with van der Waals surface area (Å²) >= 11 is 0. The summed E-state index contributed by atoms with van der Waals surface area (Å²) in [5, 5.41) is 6.59. The molecule has 10 heteroatoms. The third-order valence-electron chi connectivity index (χ3n) is 4.51. The third kappa shape index (κ3) is 5.25. The Bertz CT molecular complexity index is 1090. The van der Waals surface area contributed by atoms with Crippen LogP contribution in [0, 0.1) is 0 Å². The van der Waals surface area contributed by atoms with Gasteiger partial charge in [-0.3, -0.25) is 9.48 Å². The summed E-state index contributed by atoms with van der Waals surface area (Å²) < 4.78 is 78.8. The van der Waals surface area contributed by atoms with Gasteiger partial charge in [0.2, 0.25) is 0 Å². The highest BCUT2D eigenvalue weighted by atomic mass is 19.4. The molecule has 0 unspecified atom stereocenters. The van der Waals surface area contributed by atoms with Crippen LogP contribution in [-0.2, 0) is 25.4 Å². The predicted molar refractivity (Wildman–Crippen MR) is 101 cm³/mol. The van der Waals surface area contributed by atoms with Gasteiger partial charge in [0.25, 0.3) is 5.91 Å². The Labute approximate surface area is 173 Å². The molecule has 1 amide bonds. The van der Waals surface area contributed by atoms with Crippen LogP contribution >= 0.6 is 0 Å². The largest absolute Gasteiger partial charge is 0.416 e. The fourth-order valence-electron chi connectivity index (χ4n) is 2.99. The number of alkyl halides is 6. The van der Waals surface area contributed by atoms with Crippen molar-refractivity contribution in [3.63, 3.8) is 0 Å². The number of hydrogen-bond donors (Lipinski definition) is 1. The maximum absolute atomic E-state index is 13.0. The molecule has 1 N–H and O–H groups in total. The zero-order valence-electron chi connectivity index (χ0n) is 16.2. The van der Waals surface area contributed by atoms with E-state index in [-0.39, 0.29) is 23.4 Å². The standard InChI is InChI=1S/C21H17F6N3O/c1-2-30-18(14-6-4-8-16(10-14)21(25,26)27)11-17(29-30)19(31)28-12-13-5-3-7-15(9-13)20(22,23)24/h3-11H,2,12H2,1H3,(H,28,31). The fraction of sp³-hybridized carbons (Fsp3) is 0.238. The van der Waals surface area contributed by atoms with Gasteiger partial charge in [0.1, 0.15) is 0 Å². The lowest BCUT2D eigenvalue weighted by atomic mass is 10.1. The molecule has 1 heterocycles. The molecule has 3 rings (SSSR count). The highest BCUT2D eigenvalue weighted by Crippen LogP contribution is 2.32. The van der Waals surface area contributed by atoms with E-state index in [2.05, 4.69) is 10.4 Å². The van der Waals surface area contributed by atoms with E-state index in [1.807, 2.05) is 0 Å². The van der Waals surface area contributed by atoms with Gasteiger partial charge < -0.3 is 5.32 Å². The first kappa shape index (κ1) is 22.4. The number of carbonyl (C=O) groups is 1. The Hall–Kier alpha value is -3.30. The average Bonchev–Trinajstić information content (AvgIpc) is 3.16. The number of aryl methyl sites for hydroxylation is 1. The van der Waals surface area contributed by atoms with Crippen LogP contribution in [0.5, 0.6) is 0 Å². The quantitative estimate of drug-likeness (QED) is 0.529. The molecule has 0 aliphatic carbocycles. The van der Waals surface area contributed by atoms with E-state index in [1.54, 1.807) is 6.92 Å². The van der Waals surface area contributed by atoms with Gasteiger partial charge in [-0.2, -0.15) is 31.4 Å². The van der Waals surface area contributed by atoms with E-state index in [9.17, 15) is 31.1 Å². The van der Waals surface area contributed by atoms with Crippen LogP contribution < -0.4 is 5.32 Å². The molecule has 0 saturated heterocycles. The lowest BCUT2D eigenvalue weighted by Gasteiger charge is -2.09. The molecule has 0 spiro atoms. The summed E-state index contributed by atoms with van der Waals surface area (Å²) in [5.74, 6) is -0.655. The van der Waals surface area contributed by atoms with Gasteiger partial charge in [0.15, 0.2) is 5.69 Å². The molecule has 0 saturated carbocycles. The minimum Gasteiger partial charge on any atom is -0.347 e. The van der Waals surface area contributed by atoms with Gasteiger partial charge in [-0.05, 0) is 42.8 Å². The van der Waals surface area contributed by atoms with Crippen molar-refractivity contribution in [3.8, 4) is 11.3 Å². The van der Waals surface area contributed by atoms with E-state index in [4.69, 9.17) is 0 Å². The van der Waals surface area contributed by atoms with E-state index in [0.717, 1.165) is 24.3 Å². The summed E-state index contributed by atoms with van der Waals surface area (Å²) in [6, 6.07) is 10.5. The van der Waals surface area contributed by atoms with Crippen molar-refractivity contribution in [3.05, 3.63) is 77.0 Å². The zero-order chi connectivity index (χ0) is 22.8.